The first-order valence-electron chi connectivity index (χ1n) is 11.2. The number of rotatable bonds is 8. The predicted molar refractivity (Wildman–Crippen MR) is 131 cm³/mol. The van der Waals surface area contributed by atoms with E-state index in [1.165, 1.54) is 9.47 Å². The molecule has 1 amide bonds. The average Bonchev–Trinajstić information content (AvgIpc) is 2.80. The third-order valence-electron chi connectivity index (χ3n) is 5.59. The van der Waals surface area contributed by atoms with Gasteiger partial charge >= 0.3 is 5.69 Å². The molecule has 0 spiro atoms. The van der Waals surface area contributed by atoms with Crippen LogP contribution in [0.1, 0.15) is 55.2 Å². The van der Waals surface area contributed by atoms with E-state index in [-0.39, 0.29) is 40.9 Å². The van der Waals surface area contributed by atoms with Crippen LogP contribution in [-0.4, -0.2) is 46.6 Å². The van der Waals surface area contributed by atoms with Crippen molar-refractivity contribution >= 4 is 16.9 Å². The summed E-state index contributed by atoms with van der Waals surface area (Å²) < 4.78 is 12.1. The second-order valence-corrected chi connectivity index (χ2v) is 9.05. The molecule has 3 aromatic rings. The summed E-state index contributed by atoms with van der Waals surface area (Å²) in [6.07, 6.45) is 0. The largest absolute Gasteiger partial charge is 0.497 e. The SMILES string of the molecule is COc1ccc(CN(C)C(=O)c2cc(C(C)C)nc3c2c(=O)[nH]c(=O)n3CC(C)C)c(OC)c1. The van der Waals surface area contributed by atoms with Gasteiger partial charge in [0.25, 0.3) is 11.5 Å². The molecule has 0 aliphatic carbocycles. The number of fused-ring (bicyclic) bond motifs is 1. The fraction of sp³-hybridized carbons (Fsp3) is 0.440. The Morgan fingerprint density at radius 3 is 2.41 bits per heavy atom. The molecule has 3 rings (SSSR count). The van der Waals surface area contributed by atoms with Crippen LogP contribution in [0, 0.1) is 5.92 Å². The molecule has 1 N–H and O–H groups in total. The predicted octanol–water partition coefficient (Wildman–Crippen LogP) is 3.15. The molecule has 0 atom stereocenters. The fourth-order valence-electron chi connectivity index (χ4n) is 3.81. The van der Waals surface area contributed by atoms with Gasteiger partial charge in [0.05, 0.1) is 25.2 Å². The number of aromatic nitrogens is 3. The van der Waals surface area contributed by atoms with E-state index in [4.69, 9.17) is 9.47 Å². The first-order valence-corrected chi connectivity index (χ1v) is 11.2. The highest BCUT2D eigenvalue weighted by Gasteiger charge is 2.23. The van der Waals surface area contributed by atoms with Gasteiger partial charge < -0.3 is 14.4 Å². The number of aromatic amines is 1. The van der Waals surface area contributed by atoms with Crippen molar-refractivity contribution in [1.29, 1.82) is 0 Å². The third kappa shape index (κ3) is 4.98. The van der Waals surface area contributed by atoms with Crippen LogP contribution >= 0.6 is 0 Å². The molecule has 0 saturated heterocycles. The Morgan fingerprint density at radius 2 is 1.82 bits per heavy atom. The molecule has 0 bridgehead atoms. The van der Waals surface area contributed by atoms with Crippen LogP contribution in [0.5, 0.6) is 11.5 Å². The Kier molecular flexibility index (Phi) is 7.44. The monoisotopic (exact) mass is 468 g/mol. The molecule has 0 unspecified atom stereocenters. The van der Waals surface area contributed by atoms with Gasteiger partial charge in [-0.1, -0.05) is 27.7 Å². The molecule has 9 heteroatoms. The van der Waals surface area contributed by atoms with E-state index in [0.29, 0.717) is 23.7 Å². The summed E-state index contributed by atoms with van der Waals surface area (Å²) in [5.41, 5.74) is 0.701. The van der Waals surface area contributed by atoms with Crippen molar-refractivity contribution in [3.05, 3.63) is 61.9 Å². The smallest absolute Gasteiger partial charge is 0.330 e. The number of carbonyl (C=O) groups excluding carboxylic acids is 1. The topological polar surface area (TPSA) is 107 Å². The normalized spacial score (nSPS) is 11.3. The number of pyridine rings is 1. The molecule has 0 aliphatic heterocycles. The molecular formula is C25H32N4O5. The van der Waals surface area contributed by atoms with E-state index in [9.17, 15) is 14.4 Å². The van der Waals surface area contributed by atoms with Crippen molar-refractivity contribution in [3.63, 3.8) is 0 Å². The Hall–Kier alpha value is -3.62. The van der Waals surface area contributed by atoms with Crippen molar-refractivity contribution in [3.8, 4) is 11.5 Å². The third-order valence-corrected chi connectivity index (χ3v) is 5.59. The molecule has 34 heavy (non-hydrogen) atoms. The van der Waals surface area contributed by atoms with Gasteiger partial charge in [-0.3, -0.25) is 19.1 Å². The lowest BCUT2D eigenvalue weighted by Gasteiger charge is -2.21. The van der Waals surface area contributed by atoms with Gasteiger partial charge in [-0.15, -0.1) is 0 Å². The molecular weight excluding hydrogens is 436 g/mol. The van der Waals surface area contributed by atoms with Crippen LogP contribution in [0.25, 0.3) is 11.0 Å². The Balaban J connectivity index is 2.15. The number of ether oxygens (including phenoxy) is 2. The molecule has 2 aromatic heterocycles. The van der Waals surface area contributed by atoms with E-state index in [1.54, 1.807) is 39.5 Å². The number of methoxy groups -OCH3 is 2. The minimum Gasteiger partial charge on any atom is -0.497 e. The van der Waals surface area contributed by atoms with Gasteiger partial charge in [-0.05, 0) is 30.0 Å². The van der Waals surface area contributed by atoms with Crippen molar-refractivity contribution in [1.82, 2.24) is 19.4 Å². The zero-order valence-corrected chi connectivity index (χ0v) is 20.8. The number of benzene rings is 1. The van der Waals surface area contributed by atoms with Crippen molar-refractivity contribution in [2.75, 3.05) is 21.3 Å². The van der Waals surface area contributed by atoms with Gasteiger partial charge in [-0.25, -0.2) is 9.78 Å². The highest BCUT2D eigenvalue weighted by atomic mass is 16.5. The minimum absolute atomic E-state index is 0.00942. The summed E-state index contributed by atoms with van der Waals surface area (Å²) in [5.74, 6) is 1.01. The number of hydrogen-bond donors (Lipinski definition) is 1. The zero-order chi connectivity index (χ0) is 25.2. The average molecular weight is 469 g/mol. The summed E-state index contributed by atoms with van der Waals surface area (Å²) in [5, 5.41) is 0.114. The number of nitrogens with one attached hydrogen (secondary N) is 1. The van der Waals surface area contributed by atoms with E-state index in [1.807, 2.05) is 33.8 Å². The fourth-order valence-corrected chi connectivity index (χ4v) is 3.81. The lowest BCUT2D eigenvalue weighted by molar-refractivity contribution is 0.0786. The number of H-pyrrole nitrogens is 1. The van der Waals surface area contributed by atoms with E-state index in [2.05, 4.69) is 9.97 Å². The van der Waals surface area contributed by atoms with Crippen LogP contribution in [-0.2, 0) is 13.1 Å². The van der Waals surface area contributed by atoms with Gasteiger partial charge in [0, 0.05) is 37.5 Å². The van der Waals surface area contributed by atoms with Gasteiger partial charge in [0.1, 0.15) is 11.5 Å². The summed E-state index contributed by atoms with van der Waals surface area (Å²) in [6.45, 7) is 8.46. The van der Waals surface area contributed by atoms with Crippen molar-refractivity contribution < 1.29 is 14.3 Å². The summed E-state index contributed by atoms with van der Waals surface area (Å²) in [7, 11) is 4.78. The maximum Gasteiger partial charge on any atom is 0.330 e. The Labute approximate surface area is 198 Å². The van der Waals surface area contributed by atoms with Crippen LogP contribution in [0.15, 0.2) is 33.9 Å². The van der Waals surface area contributed by atoms with E-state index in [0.717, 1.165) is 5.56 Å². The first kappa shape index (κ1) is 25.0. The molecule has 9 nitrogen and oxygen atoms in total. The molecule has 2 heterocycles. The lowest BCUT2D eigenvalue weighted by atomic mass is 10.0. The standard InChI is InChI=1S/C25H32N4O5/c1-14(2)12-29-22-21(23(30)27-25(29)32)18(11-19(26-22)15(3)4)24(31)28(5)13-16-8-9-17(33-6)10-20(16)34-7/h8-11,14-15H,12-13H2,1-7H3,(H,27,30,32). The highest BCUT2D eigenvalue weighted by Crippen LogP contribution is 2.27. The summed E-state index contributed by atoms with van der Waals surface area (Å²) in [6, 6.07) is 7.03. The zero-order valence-electron chi connectivity index (χ0n) is 20.8. The van der Waals surface area contributed by atoms with Crippen LogP contribution in [0.2, 0.25) is 0 Å². The number of amides is 1. The molecule has 0 saturated carbocycles. The highest BCUT2D eigenvalue weighted by molar-refractivity contribution is 6.05. The van der Waals surface area contributed by atoms with E-state index < -0.39 is 11.2 Å². The molecule has 0 radical (unpaired) electrons. The minimum atomic E-state index is -0.624. The first-order chi connectivity index (χ1) is 16.1. The van der Waals surface area contributed by atoms with E-state index >= 15 is 0 Å². The molecule has 0 aliphatic rings. The van der Waals surface area contributed by atoms with Crippen molar-refractivity contribution in [2.45, 2.75) is 46.7 Å². The van der Waals surface area contributed by atoms with Crippen LogP contribution in [0.3, 0.4) is 0 Å². The summed E-state index contributed by atoms with van der Waals surface area (Å²) in [4.78, 5) is 47.6. The number of nitrogens with zero attached hydrogens (tertiary/aromatic N) is 3. The van der Waals surface area contributed by atoms with Crippen LogP contribution in [0.4, 0.5) is 0 Å². The number of carbonyl (C=O) groups is 1. The second-order valence-electron chi connectivity index (χ2n) is 9.05. The van der Waals surface area contributed by atoms with Gasteiger partial charge in [0.15, 0.2) is 5.65 Å². The quantitative estimate of drug-likeness (QED) is 0.544. The Bertz CT molecular complexity index is 1320. The maximum absolute atomic E-state index is 13.6. The lowest BCUT2D eigenvalue weighted by Crippen LogP contribution is -2.34. The van der Waals surface area contributed by atoms with Crippen molar-refractivity contribution in [2.24, 2.45) is 5.92 Å². The molecule has 182 valence electrons. The van der Waals surface area contributed by atoms with Gasteiger partial charge in [0.2, 0.25) is 0 Å². The van der Waals surface area contributed by atoms with Gasteiger partial charge in [-0.2, -0.15) is 0 Å². The second kappa shape index (κ2) is 10.1. The maximum atomic E-state index is 13.6. The number of hydrogen-bond acceptors (Lipinski definition) is 6. The molecule has 1 aromatic carbocycles. The molecule has 0 fully saturated rings. The van der Waals surface area contributed by atoms with Crippen LogP contribution < -0.4 is 20.7 Å². The summed E-state index contributed by atoms with van der Waals surface area (Å²) >= 11 is 0. The Morgan fingerprint density at radius 1 is 1.12 bits per heavy atom.